The average molecular weight is 398 g/mol. The molecule has 0 aliphatic rings. The van der Waals surface area contributed by atoms with Gasteiger partial charge in [-0.05, 0) is 24.1 Å². The molecule has 1 amide bonds. The highest BCUT2D eigenvalue weighted by Gasteiger charge is 2.32. The van der Waals surface area contributed by atoms with Gasteiger partial charge in [0.25, 0.3) is 0 Å². The zero-order chi connectivity index (χ0) is 20.9. The number of primary amides is 1. The Balaban J connectivity index is 2.33. The van der Waals surface area contributed by atoms with Crippen LogP contribution in [-0.2, 0) is 15.7 Å². The molecule has 11 heteroatoms. The second-order valence-electron chi connectivity index (χ2n) is 6.07. The molecule has 0 saturated carbocycles. The van der Waals surface area contributed by atoms with Crippen molar-refractivity contribution < 1.29 is 32.2 Å². The molecule has 0 radical (unpaired) electrons. The van der Waals surface area contributed by atoms with Crippen molar-refractivity contribution in [2.75, 3.05) is 6.61 Å². The van der Waals surface area contributed by atoms with Crippen LogP contribution in [0.5, 0.6) is 5.75 Å². The SMILES string of the molecule is CC(C)COC(=O)Oc1cc(-c2ncn(C=CC(N)=O)n2)cc(C(F)(F)F)c1. The van der Waals surface area contributed by atoms with Gasteiger partial charge in [0.15, 0.2) is 5.82 Å². The Morgan fingerprint density at radius 1 is 1.29 bits per heavy atom. The highest BCUT2D eigenvalue weighted by Crippen LogP contribution is 2.35. The lowest BCUT2D eigenvalue weighted by Crippen LogP contribution is -2.15. The normalized spacial score (nSPS) is 11.8. The molecule has 0 saturated heterocycles. The van der Waals surface area contributed by atoms with Crippen molar-refractivity contribution in [2.45, 2.75) is 20.0 Å². The van der Waals surface area contributed by atoms with E-state index in [1.165, 1.54) is 18.6 Å². The molecule has 0 bridgehead atoms. The van der Waals surface area contributed by atoms with Crippen LogP contribution in [0.2, 0.25) is 0 Å². The van der Waals surface area contributed by atoms with Gasteiger partial charge >= 0.3 is 12.3 Å². The molecule has 8 nitrogen and oxygen atoms in total. The van der Waals surface area contributed by atoms with Gasteiger partial charge in [0.1, 0.15) is 12.1 Å². The number of halogens is 3. The summed E-state index contributed by atoms with van der Waals surface area (Å²) in [5, 5.41) is 3.93. The standard InChI is InChI=1S/C17H17F3N4O4/c1-10(2)8-27-16(26)28-13-6-11(5-12(7-13)17(18,19)20)15-22-9-24(23-15)4-3-14(21)25/h3-7,9-10H,8H2,1-2H3,(H2,21,25). The van der Waals surface area contributed by atoms with Gasteiger partial charge in [-0.2, -0.15) is 13.2 Å². The van der Waals surface area contributed by atoms with Crippen molar-refractivity contribution in [1.82, 2.24) is 14.8 Å². The summed E-state index contributed by atoms with van der Waals surface area (Å²) in [4.78, 5) is 26.3. The van der Waals surface area contributed by atoms with Crippen LogP contribution >= 0.6 is 0 Å². The van der Waals surface area contributed by atoms with Crippen molar-refractivity contribution in [1.29, 1.82) is 0 Å². The number of nitrogens with two attached hydrogens (primary N) is 1. The highest BCUT2D eigenvalue weighted by atomic mass is 19.4. The third-order valence-electron chi connectivity index (χ3n) is 3.13. The predicted molar refractivity (Wildman–Crippen MR) is 91.8 cm³/mol. The van der Waals surface area contributed by atoms with Crippen LogP contribution in [0.15, 0.2) is 30.6 Å². The van der Waals surface area contributed by atoms with Crippen LogP contribution in [0.25, 0.3) is 17.6 Å². The minimum atomic E-state index is -4.69. The fourth-order valence-corrected chi connectivity index (χ4v) is 1.94. The van der Waals surface area contributed by atoms with E-state index in [2.05, 4.69) is 10.1 Å². The van der Waals surface area contributed by atoms with Crippen molar-refractivity contribution in [3.63, 3.8) is 0 Å². The van der Waals surface area contributed by atoms with E-state index in [1.807, 2.05) is 0 Å². The topological polar surface area (TPSA) is 109 Å². The number of carbonyl (C=O) groups is 2. The first-order valence-electron chi connectivity index (χ1n) is 8.00. The molecule has 0 spiro atoms. The van der Waals surface area contributed by atoms with Gasteiger partial charge < -0.3 is 15.2 Å². The second kappa shape index (κ2) is 8.55. The minimum Gasteiger partial charge on any atom is -0.434 e. The lowest BCUT2D eigenvalue weighted by Gasteiger charge is -2.12. The van der Waals surface area contributed by atoms with Crippen LogP contribution in [0.1, 0.15) is 19.4 Å². The first-order chi connectivity index (χ1) is 13.0. The molecular weight excluding hydrogens is 381 g/mol. The monoisotopic (exact) mass is 398 g/mol. The maximum absolute atomic E-state index is 13.2. The molecular formula is C17H17F3N4O4. The van der Waals surface area contributed by atoms with Crippen LogP contribution in [0, 0.1) is 5.92 Å². The Kier molecular flexibility index (Phi) is 6.39. The van der Waals surface area contributed by atoms with E-state index in [0.717, 1.165) is 16.8 Å². The molecule has 1 heterocycles. The fourth-order valence-electron chi connectivity index (χ4n) is 1.94. The number of ether oxygens (including phenoxy) is 2. The molecule has 1 aromatic heterocycles. The van der Waals surface area contributed by atoms with E-state index in [0.29, 0.717) is 6.07 Å². The molecule has 1 aromatic carbocycles. The van der Waals surface area contributed by atoms with Gasteiger partial charge in [-0.15, -0.1) is 5.10 Å². The molecule has 2 N–H and O–H groups in total. The Bertz CT molecular complexity index is 891. The Morgan fingerprint density at radius 2 is 2.00 bits per heavy atom. The van der Waals surface area contributed by atoms with Crippen molar-refractivity contribution in [3.05, 3.63) is 36.2 Å². The molecule has 28 heavy (non-hydrogen) atoms. The maximum atomic E-state index is 13.2. The number of rotatable bonds is 6. The molecule has 2 rings (SSSR count). The summed E-state index contributed by atoms with van der Waals surface area (Å²) in [5.41, 5.74) is 3.86. The number of aromatic nitrogens is 3. The summed E-state index contributed by atoms with van der Waals surface area (Å²) >= 11 is 0. The number of nitrogens with zero attached hydrogens (tertiary/aromatic N) is 3. The molecule has 0 fully saturated rings. The Hall–Kier alpha value is -3.37. The summed E-state index contributed by atoms with van der Waals surface area (Å²) in [6.07, 6.45) is -2.45. The van der Waals surface area contributed by atoms with Gasteiger partial charge in [0.05, 0.1) is 12.2 Å². The maximum Gasteiger partial charge on any atom is 0.513 e. The molecule has 0 aliphatic carbocycles. The quantitative estimate of drug-likeness (QED) is 0.455. The van der Waals surface area contributed by atoms with E-state index in [1.54, 1.807) is 13.8 Å². The summed E-state index contributed by atoms with van der Waals surface area (Å²) in [7, 11) is 0. The van der Waals surface area contributed by atoms with Gasteiger partial charge in [0, 0.05) is 17.8 Å². The van der Waals surface area contributed by atoms with E-state index >= 15 is 0 Å². The van der Waals surface area contributed by atoms with E-state index < -0.39 is 23.8 Å². The van der Waals surface area contributed by atoms with E-state index in [-0.39, 0.29) is 29.7 Å². The summed E-state index contributed by atoms with van der Waals surface area (Å²) in [6.45, 7) is 3.65. The van der Waals surface area contributed by atoms with Crippen LogP contribution < -0.4 is 10.5 Å². The zero-order valence-corrected chi connectivity index (χ0v) is 14.9. The number of benzene rings is 1. The zero-order valence-electron chi connectivity index (χ0n) is 14.9. The number of hydrogen-bond acceptors (Lipinski definition) is 6. The van der Waals surface area contributed by atoms with Crippen molar-refractivity contribution in [2.24, 2.45) is 11.7 Å². The first kappa shape index (κ1) is 20.9. The lowest BCUT2D eigenvalue weighted by atomic mass is 10.1. The van der Waals surface area contributed by atoms with Gasteiger partial charge in [-0.3, -0.25) is 4.79 Å². The third kappa shape index (κ3) is 6.11. The van der Waals surface area contributed by atoms with Gasteiger partial charge in [-0.1, -0.05) is 13.8 Å². The molecule has 0 unspecified atom stereocenters. The van der Waals surface area contributed by atoms with Gasteiger partial charge in [-0.25, -0.2) is 14.5 Å². The Labute approximate surface area is 157 Å². The van der Waals surface area contributed by atoms with Crippen LogP contribution in [-0.4, -0.2) is 33.4 Å². The minimum absolute atomic E-state index is 0.0336. The van der Waals surface area contributed by atoms with Crippen molar-refractivity contribution in [3.8, 4) is 17.1 Å². The van der Waals surface area contributed by atoms with Gasteiger partial charge in [0.2, 0.25) is 5.91 Å². The number of amides is 1. The van der Waals surface area contributed by atoms with E-state index in [9.17, 15) is 22.8 Å². The number of hydrogen-bond donors (Lipinski definition) is 1. The lowest BCUT2D eigenvalue weighted by molar-refractivity contribution is -0.137. The number of alkyl halides is 3. The molecule has 0 aliphatic heterocycles. The molecule has 2 aromatic rings. The van der Waals surface area contributed by atoms with Crippen LogP contribution in [0.4, 0.5) is 18.0 Å². The highest BCUT2D eigenvalue weighted by molar-refractivity contribution is 5.88. The predicted octanol–water partition coefficient (Wildman–Crippen LogP) is 3.09. The largest absolute Gasteiger partial charge is 0.513 e. The third-order valence-corrected chi connectivity index (χ3v) is 3.13. The second-order valence-corrected chi connectivity index (χ2v) is 6.07. The van der Waals surface area contributed by atoms with E-state index in [4.69, 9.17) is 15.2 Å². The average Bonchev–Trinajstić information content (AvgIpc) is 3.06. The first-order valence-corrected chi connectivity index (χ1v) is 8.00. The summed E-state index contributed by atoms with van der Waals surface area (Å²) in [6, 6.07) is 2.65. The summed E-state index contributed by atoms with van der Waals surface area (Å²) in [5.74, 6) is -1.15. The fraction of sp³-hybridized carbons (Fsp3) is 0.294. The molecule has 150 valence electrons. The number of carbonyl (C=O) groups excluding carboxylic acids is 2. The summed E-state index contributed by atoms with van der Waals surface area (Å²) < 4.78 is 50.3. The Morgan fingerprint density at radius 3 is 2.61 bits per heavy atom. The smallest absolute Gasteiger partial charge is 0.434 e. The van der Waals surface area contributed by atoms with Crippen LogP contribution in [0.3, 0.4) is 0 Å². The van der Waals surface area contributed by atoms with Crippen molar-refractivity contribution >= 4 is 18.3 Å². The molecule has 0 atom stereocenters.